The number of para-hydroxylation sites is 2. The number of amides is 3. The van der Waals surface area contributed by atoms with Crippen LogP contribution in [-0.4, -0.2) is 42.6 Å². The molecular formula is C24H28ClN3O3. The van der Waals surface area contributed by atoms with Gasteiger partial charge < -0.3 is 15.0 Å². The molecule has 2 aliphatic rings. The number of anilines is 1. The molecule has 2 aromatic carbocycles. The molecule has 7 heteroatoms. The Hall–Kier alpha value is -2.73. The van der Waals surface area contributed by atoms with E-state index in [1.807, 2.05) is 58.3 Å². The molecule has 0 unspecified atom stereocenters. The minimum atomic E-state index is -0.0908. The van der Waals surface area contributed by atoms with Crippen LogP contribution in [0.1, 0.15) is 31.7 Å². The number of ether oxygens (including phenoxy) is 1. The van der Waals surface area contributed by atoms with E-state index in [0.29, 0.717) is 44.0 Å². The second kappa shape index (κ2) is 9.60. The maximum absolute atomic E-state index is 13.3. The number of halogens is 1. The summed E-state index contributed by atoms with van der Waals surface area (Å²) in [6, 6.07) is 15.2. The summed E-state index contributed by atoms with van der Waals surface area (Å²) in [6.45, 7) is 4.16. The number of rotatable bonds is 4. The molecule has 1 saturated heterocycles. The van der Waals surface area contributed by atoms with Gasteiger partial charge in [0.25, 0.3) is 0 Å². The van der Waals surface area contributed by atoms with Crippen LogP contribution in [0.15, 0.2) is 48.5 Å². The van der Waals surface area contributed by atoms with Gasteiger partial charge in [0.15, 0.2) is 0 Å². The third-order valence-corrected chi connectivity index (χ3v) is 6.44. The van der Waals surface area contributed by atoms with Crippen LogP contribution in [0.4, 0.5) is 10.5 Å². The molecule has 1 fully saturated rings. The van der Waals surface area contributed by atoms with Gasteiger partial charge in [0, 0.05) is 30.6 Å². The van der Waals surface area contributed by atoms with E-state index in [0.717, 1.165) is 23.4 Å². The number of carbonyl (C=O) groups is 2. The molecule has 164 valence electrons. The zero-order valence-electron chi connectivity index (χ0n) is 17.7. The molecule has 1 N–H and O–H groups in total. The quantitative estimate of drug-likeness (QED) is 0.761. The summed E-state index contributed by atoms with van der Waals surface area (Å²) in [4.78, 5) is 29.6. The molecular weight excluding hydrogens is 414 g/mol. The molecule has 0 spiro atoms. The number of nitrogens with one attached hydrogen (secondary N) is 1. The number of carbonyl (C=O) groups excluding carboxylic acids is 2. The average Bonchev–Trinajstić information content (AvgIpc) is 2.82. The molecule has 4 rings (SSSR count). The first-order valence-electron chi connectivity index (χ1n) is 10.9. The number of fused-ring (bicyclic) bond motifs is 1. The van der Waals surface area contributed by atoms with E-state index in [9.17, 15) is 9.59 Å². The predicted octanol–water partition coefficient (Wildman–Crippen LogP) is 4.47. The van der Waals surface area contributed by atoms with E-state index in [4.69, 9.17) is 16.3 Å². The molecule has 1 atom stereocenters. The van der Waals surface area contributed by atoms with Crippen molar-refractivity contribution < 1.29 is 14.3 Å². The Morgan fingerprint density at radius 1 is 1.10 bits per heavy atom. The minimum Gasteiger partial charge on any atom is -0.486 e. The second-order valence-corrected chi connectivity index (χ2v) is 8.49. The van der Waals surface area contributed by atoms with Gasteiger partial charge in [-0.05, 0) is 43.0 Å². The molecule has 3 amide bonds. The normalized spacial score (nSPS) is 18.8. The van der Waals surface area contributed by atoms with E-state index in [1.54, 1.807) is 0 Å². The van der Waals surface area contributed by atoms with Crippen LogP contribution in [-0.2, 0) is 11.3 Å². The first-order chi connectivity index (χ1) is 15.1. The molecule has 31 heavy (non-hydrogen) atoms. The Labute approximate surface area is 188 Å². The van der Waals surface area contributed by atoms with Crippen LogP contribution in [0, 0.1) is 5.92 Å². The van der Waals surface area contributed by atoms with Crippen molar-refractivity contribution in [2.75, 3.05) is 24.5 Å². The van der Waals surface area contributed by atoms with Crippen LogP contribution >= 0.6 is 11.6 Å². The summed E-state index contributed by atoms with van der Waals surface area (Å²) in [5, 5.41) is 3.64. The van der Waals surface area contributed by atoms with Crippen LogP contribution in [0.3, 0.4) is 0 Å². The fourth-order valence-electron chi connectivity index (χ4n) is 4.16. The maximum atomic E-state index is 13.3. The first kappa shape index (κ1) is 21.5. The van der Waals surface area contributed by atoms with E-state index in [2.05, 4.69) is 12.2 Å². The highest BCUT2D eigenvalue weighted by Gasteiger charge is 2.34. The summed E-state index contributed by atoms with van der Waals surface area (Å²) >= 11 is 6.17. The van der Waals surface area contributed by atoms with Gasteiger partial charge in [0.05, 0.1) is 12.2 Å². The number of nitrogens with zero attached hydrogens (tertiary/aromatic N) is 2. The topological polar surface area (TPSA) is 61.9 Å². The third kappa shape index (κ3) is 4.79. The van der Waals surface area contributed by atoms with Gasteiger partial charge in [-0.3, -0.25) is 9.69 Å². The zero-order valence-corrected chi connectivity index (χ0v) is 18.5. The molecule has 0 aromatic heterocycles. The number of hydrogen-bond donors (Lipinski definition) is 1. The van der Waals surface area contributed by atoms with E-state index < -0.39 is 0 Å². The Bertz CT molecular complexity index is 943. The standard InChI is InChI=1S/C24H28ClN3O3/c1-2-19-16-28(21-9-5-6-10-22(21)31-19)24(30)27-13-11-17(12-14-27)23(29)26-15-18-7-3-4-8-20(18)25/h3-10,17,19H,2,11-16H2,1H3,(H,26,29)/t19-/m0/s1. The van der Waals surface area contributed by atoms with Crippen LogP contribution < -0.4 is 15.0 Å². The van der Waals surface area contributed by atoms with Crippen LogP contribution in [0.25, 0.3) is 0 Å². The Morgan fingerprint density at radius 3 is 2.55 bits per heavy atom. The number of benzene rings is 2. The second-order valence-electron chi connectivity index (χ2n) is 8.08. The fraction of sp³-hybridized carbons (Fsp3) is 0.417. The van der Waals surface area contributed by atoms with Crippen molar-refractivity contribution in [3.63, 3.8) is 0 Å². The van der Waals surface area contributed by atoms with E-state index in [-0.39, 0.29) is 24.0 Å². The first-order valence-corrected chi connectivity index (χ1v) is 11.3. The van der Waals surface area contributed by atoms with Gasteiger partial charge in [-0.1, -0.05) is 48.9 Å². The average molecular weight is 442 g/mol. The Balaban J connectivity index is 1.34. The van der Waals surface area contributed by atoms with Gasteiger partial charge in [-0.15, -0.1) is 0 Å². The fourth-order valence-corrected chi connectivity index (χ4v) is 4.37. The smallest absolute Gasteiger partial charge is 0.324 e. The lowest BCUT2D eigenvalue weighted by molar-refractivity contribution is -0.126. The summed E-state index contributed by atoms with van der Waals surface area (Å²) in [5.74, 6) is 0.685. The van der Waals surface area contributed by atoms with Crippen LogP contribution in [0.5, 0.6) is 5.75 Å². The van der Waals surface area contributed by atoms with Crippen LogP contribution in [0.2, 0.25) is 5.02 Å². The molecule has 0 saturated carbocycles. The van der Waals surface area contributed by atoms with Gasteiger partial charge in [-0.25, -0.2) is 4.79 Å². The van der Waals surface area contributed by atoms with E-state index in [1.165, 1.54) is 0 Å². The molecule has 6 nitrogen and oxygen atoms in total. The van der Waals surface area contributed by atoms with Gasteiger partial charge in [-0.2, -0.15) is 0 Å². The third-order valence-electron chi connectivity index (χ3n) is 6.07. The van der Waals surface area contributed by atoms with E-state index >= 15 is 0 Å². The number of urea groups is 1. The molecule has 2 heterocycles. The summed E-state index contributed by atoms with van der Waals surface area (Å²) < 4.78 is 5.99. The number of likely N-dealkylation sites (tertiary alicyclic amines) is 1. The molecule has 2 aliphatic heterocycles. The van der Waals surface area contributed by atoms with Crippen molar-refractivity contribution in [1.29, 1.82) is 0 Å². The minimum absolute atomic E-state index is 0.00743. The monoisotopic (exact) mass is 441 g/mol. The predicted molar refractivity (Wildman–Crippen MR) is 121 cm³/mol. The van der Waals surface area contributed by atoms with Crippen molar-refractivity contribution in [1.82, 2.24) is 10.2 Å². The molecule has 0 bridgehead atoms. The Kier molecular flexibility index (Phi) is 6.66. The maximum Gasteiger partial charge on any atom is 0.324 e. The highest BCUT2D eigenvalue weighted by Crippen LogP contribution is 2.35. The zero-order chi connectivity index (χ0) is 21.8. The van der Waals surface area contributed by atoms with Crippen molar-refractivity contribution in [2.45, 2.75) is 38.8 Å². The van der Waals surface area contributed by atoms with Gasteiger partial charge in [0.1, 0.15) is 11.9 Å². The Morgan fingerprint density at radius 2 is 1.81 bits per heavy atom. The van der Waals surface area contributed by atoms with Crippen molar-refractivity contribution in [3.05, 3.63) is 59.1 Å². The number of hydrogen-bond acceptors (Lipinski definition) is 3. The van der Waals surface area contributed by atoms with Crippen molar-refractivity contribution in [2.24, 2.45) is 5.92 Å². The SMILES string of the molecule is CC[C@H]1CN(C(=O)N2CCC(C(=O)NCc3ccccc3Cl)CC2)c2ccccc2O1. The van der Waals surface area contributed by atoms with Gasteiger partial charge in [0.2, 0.25) is 5.91 Å². The summed E-state index contributed by atoms with van der Waals surface area (Å²) in [7, 11) is 0. The lowest BCUT2D eigenvalue weighted by atomic mass is 9.96. The highest BCUT2D eigenvalue weighted by atomic mass is 35.5. The lowest BCUT2D eigenvalue weighted by Crippen LogP contribution is -2.52. The molecule has 2 aromatic rings. The number of piperidine rings is 1. The van der Waals surface area contributed by atoms with Gasteiger partial charge >= 0.3 is 6.03 Å². The molecule has 0 radical (unpaired) electrons. The summed E-state index contributed by atoms with van der Waals surface area (Å²) in [6.07, 6.45) is 2.14. The highest BCUT2D eigenvalue weighted by molar-refractivity contribution is 6.31. The summed E-state index contributed by atoms with van der Waals surface area (Å²) in [5.41, 5.74) is 1.72. The van der Waals surface area contributed by atoms with Crippen molar-refractivity contribution in [3.8, 4) is 5.75 Å². The lowest BCUT2D eigenvalue weighted by Gasteiger charge is -2.39. The largest absolute Gasteiger partial charge is 0.486 e. The van der Waals surface area contributed by atoms with Crippen molar-refractivity contribution >= 4 is 29.2 Å². The molecule has 0 aliphatic carbocycles.